The molecule has 1 aromatic heterocycles. The Balaban J connectivity index is 2.17. The number of ether oxygens (including phenoxy) is 1. The summed E-state index contributed by atoms with van der Waals surface area (Å²) in [6, 6.07) is 5.67. The van der Waals surface area contributed by atoms with Crippen molar-refractivity contribution in [3.05, 3.63) is 33.2 Å². The van der Waals surface area contributed by atoms with Gasteiger partial charge < -0.3 is 9.84 Å². The number of aliphatic hydroxyl groups excluding tert-OH is 1. The largest absolute Gasteiger partial charge is 0.430 e. The fourth-order valence-electron chi connectivity index (χ4n) is 1.12. The quantitative estimate of drug-likeness (QED) is 0.947. The summed E-state index contributed by atoms with van der Waals surface area (Å²) in [4.78, 5) is 0. The molecule has 4 nitrogen and oxygen atoms in total. The molecule has 0 atom stereocenters. The molecule has 6 heteroatoms. The molecule has 16 heavy (non-hydrogen) atoms. The van der Waals surface area contributed by atoms with E-state index < -0.39 is 0 Å². The van der Waals surface area contributed by atoms with Crippen LogP contribution in [0.2, 0.25) is 0 Å². The van der Waals surface area contributed by atoms with E-state index in [0.29, 0.717) is 16.0 Å². The number of nitrogens with zero attached hydrogens (tertiary/aromatic N) is 2. The molecule has 0 bridgehead atoms. The van der Waals surface area contributed by atoms with Crippen LogP contribution in [-0.4, -0.2) is 15.3 Å². The Morgan fingerprint density at radius 1 is 1.44 bits per heavy atom. The zero-order valence-electron chi connectivity index (χ0n) is 8.48. The standard InChI is InChI=1S/C10H9BrN2O2S/c1-6-4-7(2-3-8(6)11)15-10-13-12-9(5-14)16-10/h2-4,14H,5H2,1H3. The van der Waals surface area contributed by atoms with E-state index in [1.54, 1.807) is 0 Å². The topological polar surface area (TPSA) is 55.2 Å². The molecule has 0 aliphatic rings. The molecule has 0 fully saturated rings. The Kier molecular flexibility index (Phi) is 3.52. The number of rotatable bonds is 3. The number of halogens is 1. The maximum atomic E-state index is 8.84. The monoisotopic (exact) mass is 300 g/mol. The van der Waals surface area contributed by atoms with Crippen molar-refractivity contribution in [2.45, 2.75) is 13.5 Å². The van der Waals surface area contributed by atoms with E-state index in [0.717, 1.165) is 10.0 Å². The summed E-state index contributed by atoms with van der Waals surface area (Å²) >= 11 is 4.65. The van der Waals surface area contributed by atoms with Gasteiger partial charge in [0.25, 0.3) is 5.19 Å². The third-order valence-corrected chi connectivity index (χ3v) is 3.59. The lowest BCUT2D eigenvalue weighted by atomic mass is 10.2. The zero-order chi connectivity index (χ0) is 11.5. The van der Waals surface area contributed by atoms with E-state index in [-0.39, 0.29) is 6.61 Å². The minimum Gasteiger partial charge on any atom is -0.430 e. The highest BCUT2D eigenvalue weighted by Gasteiger charge is 2.06. The van der Waals surface area contributed by atoms with Crippen LogP contribution in [0.25, 0.3) is 0 Å². The van der Waals surface area contributed by atoms with Gasteiger partial charge in [0.05, 0.1) is 6.61 Å². The normalized spacial score (nSPS) is 10.4. The molecule has 1 aromatic carbocycles. The van der Waals surface area contributed by atoms with Crippen molar-refractivity contribution in [2.75, 3.05) is 0 Å². The van der Waals surface area contributed by atoms with Gasteiger partial charge in [0.2, 0.25) is 0 Å². The van der Waals surface area contributed by atoms with Crippen molar-refractivity contribution in [3.8, 4) is 10.9 Å². The van der Waals surface area contributed by atoms with Crippen molar-refractivity contribution in [1.29, 1.82) is 0 Å². The van der Waals surface area contributed by atoms with E-state index in [9.17, 15) is 0 Å². The first-order valence-corrected chi connectivity index (χ1v) is 6.17. The molecule has 0 aliphatic carbocycles. The number of aliphatic hydroxyl groups is 1. The van der Waals surface area contributed by atoms with Gasteiger partial charge in [-0.05, 0) is 30.7 Å². The minimum absolute atomic E-state index is 0.111. The van der Waals surface area contributed by atoms with Crippen LogP contribution >= 0.6 is 27.3 Å². The summed E-state index contributed by atoms with van der Waals surface area (Å²) in [5, 5.41) is 17.4. The van der Waals surface area contributed by atoms with Crippen LogP contribution in [0.15, 0.2) is 22.7 Å². The van der Waals surface area contributed by atoms with Gasteiger partial charge in [-0.25, -0.2) is 0 Å². The molecule has 0 unspecified atom stereocenters. The first-order valence-electron chi connectivity index (χ1n) is 4.56. The van der Waals surface area contributed by atoms with Gasteiger partial charge in [-0.1, -0.05) is 32.4 Å². The molecular weight excluding hydrogens is 292 g/mol. The van der Waals surface area contributed by atoms with Gasteiger partial charge in [0.1, 0.15) is 10.8 Å². The summed E-state index contributed by atoms with van der Waals surface area (Å²) in [7, 11) is 0. The Hall–Kier alpha value is -0.980. The molecule has 0 spiro atoms. The van der Waals surface area contributed by atoms with Crippen LogP contribution in [-0.2, 0) is 6.61 Å². The van der Waals surface area contributed by atoms with Gasteiger partial charge in [0, 0.05) is 4.47 Å². The molecule has 1 N–H and O–H groups in total. The van der Waals surface area contributed by atoms with Crippen LogP contribution in [0.3, 0.4) is 0 Å². The molecule has 0 amide bonds. The predicted octanol–water partition coefficient (Wildman–Crippen LogP) is 2.89. The molecule has 84 valence electrons. The van der Waals surface area contributed by atoms with Crippen molar-refractivity contribution in [2.24, 2.45) is 0 Å². The lowest BCUT2D eigenvalue weighted by molar-refractivity contribution is 0.280. The van der Waals surface area contributed by atoms with Crippen LogP contribution < -0.4 is 4.74 Å². The zero-order valence-corrected chi connectivity index (χ0v) is 10.9. The fourth-order valence-corrected chi connectivity index (χ4v) is 1.94. The highest BCUT2D eigenvalue weighted by molar-refractivity contribution is 9.10. The lowest BCUT2D eigenvalue weighted by Gasteiger charge is -2.03. The summed E-state index contributed by atoms with van der Waals surface area (Å²) in [6.07, 6.45) is 0. The number of benzene rings is 1. The van der Waals surface area contributed by atoms with Gasteiger partial charge in [-0.15, -0.1) is 5.10 Å². The second-order valence-electron chi connectivity index (χ2n) is 3.13. The van der Waals surface area contributed by atoms with E-state index >= 15 is 0 Å². The highest BCUT2D eigenvalue weighted by atomic mass is 79.9. The maximum Gasteiger partial charge on any atom is 0.299 e. The molecule has 0 saturated carbocycles. The van der Waals surface area contributed by atoms with E-state index in [2.05, 4.69) is 26.1 Å². The van der Waals surface area contributed by atoms with Crippen molar-refractivity contribution in [3.63, 3.8) is 0 Å². The fraction of sp³-hybridized carbons (Fsp3) is 0.200. The van der Waals surface area contributed by atoms with Crippen LogP contribution in [0.5, 0.6) is 10.9 Å². The summed E-state index contributed by atoms with van der Waals surface area (Å²) in [6.45, 7) is 1.87. The van der Waals surface area contributed by atoms with Crippen molar-refractivity contribution in [1.82, 2.24) is 10.2 Å². The molecule has 2 aromatic rings. The Morgan fingerprint density at radius 3 is 2.88 bits per heavy atom. The highest BCUT2D eigenvalue weighted by Crippen LogP contribution is 2.27. The Labute approximate surface area is 105 Å². The molecule has 0 aliphatic heterocycles. The average Bonchev–Trinajstić information content (AvgIpc) is 2.71. The van der Waals surface area contributed by atoms with Gasteiger partial charge in [-0.3, -0.25) is 0 Å². The van der Waals surface area contributed by atoms with Gasteiger partial charge in [-0.2, -0.15) is 0 Å². The summed E-state index contributed by atoms with van der Waals surface area (Å²) in [5.41, 5.74) is 1.09. The van der Waals surface area contributed by atoms with Crippen molar-refractivity contribution >= 4 is 27.3 Å². The van der Waals surface area contributed by atoms with E-state index in [1.165, 1.54) is 11.3 Å². The predicted molar refractivity (Wildman–Crippen MR) is 64.8 cm³/mol. The van der Waals surface area contributed by atoms with E-state index in [4.69, 9.17) is 9.84 Å². The van der Waals surface area contributed by atoms with E-state index in [1.807, 2.05) is 25.1 Å². The summed E-state index contributed by atoms with van der Waals surface area (Å²) < 4.78 is 6.54. The molecule has 0 radical (unpaired) electrons. The lowest BCUT2D eigenvalue weighted by Crippen LogP contribution is -1.84. The van der Waals surface area contributed by atoms with Crippen LogP contribution in [0, 0.1) is 6.92 Å². The third kappa shape index (κ3) is 2.58. The molecule has 0 saturated heterocycles. The smallest absolute Gasteiger partial charge is 0.299 e. The number of hydrogen-bond donors (Lipinski definition) is 1. The Bertz CT molecular complexity index is 501. The molecular formula is C10H9BrN2O2S. The van der Waals surface area contributed by atoms with Crippen LogP contribution in [0.4, 0.5) is 0 Å². The second-order valence-corrected chi connectivity index (χ2v) is 5.01. The number of hydrogen-bond acceptors (Lipinski definition) is 5. The molecule has 1 heterocycles. The second kappa shape index (κ2) is 4.90. The third-order valence-electron chi connectivity index (χ3n) is 1.92. The minimum atomic E-state index is -0.111. The van der Waals surface area contributed by atoms with Gasteiger partial charge in [0.15, 0.2) is 0 Å². The molecule has 2 rings (SSSR count). The number of aryl methyl sites for hydroxylation is 1. The number of aromatic nitrogens is 2. The summed E-state index contributed by atoms with van der Waals surface area (Å²) in [5.74, 6) is 0.710. The first-order chi connectivity index (χ1) is 7.69. The van der Waals surface area contributed by atoms with Gasteiger partial charge >= 0.3 is 0 Å². The average molecular weight is 301 g/mol. The maximum absolute atomic E-state index is 8.84. The SMILES string of the molecule is Cc1cc(Oc2nnc(CO)s2)ccc1Br. The van der Waals surface area contributed by atoms with Crippen molar-refractivity contribution < 1.29 is 9.84 Å². The first kappa shape index (κ1) is 11.5. The Morgan fingerprint density at radius 2 is 2.25 bits per heavy atom. The van der Waals surface area contributed by atoms with Crippen LogP contribution in [0.1, 0.15) is 10.6 Å².